The smallest absolute Gasteiger partial charge is 0.305 e. The SMILES string of the molecule is O=C(O)CCCN1C(=O)C2C3CC(C2C1=O)C1C3Sc2[nH]c(=O)sc2[C@@H]1c1ccccc1OCC(=O)Nc1cccc2ccccc12. The van der Waals surface area contributed by atoms with Gasteiger partial charge in [-0.1, -0.05) is 65.9 Å². The highest BCUT2D eigenvalue weighted by molar-refractivity contribution is 8.00. The second kappa shape index (κ2) is 11.7. The number of aromatic nitrogens is 1. The molecule has 6 unspecified atom stereocenters. The van der Waals surface area contributed by atoms with Crippen LogP contribution in [0.15, 0.2) is 76.6 Å². The van der Waals surface area contributed by atoms with Crippen molar-refractivity contribution in [2.24, 2.45) is 29.6 Å². The second-order valence-corrected chi connectivity index (χ2v) is 14.9. The predicted octanol–water partition coefficient (Wildman–Crippen LogP) is 4.95. The van der Waals surface area contributed by atoms with Crippen LogP contribution < -0.4 is 14.9 Å². The third kappa shape index (κ3) is 4.96. The van der Waals surface area contributed by atoms with Crippen molar-refractivity contribution in [3.63, 3.8) is 0 Å². The van der Waals surface area contributed by atoms with Crippen molar-refractivity contribution >= 4 is 63.2 Å². The molecule has 240 valence electrons. The zero-order valence-corrected chi connectivity index (χ0v) is 26.7. The molecule has 3 fully saturated rings. The van der Waals surface area contributed by atoms with Crippen LogP contribution in [0.1, 0.15) is 35.6 Å². The first-order chi connectivity index (χ1) is 22.8. The van der Waals surface area contributed by atoms with Gasteiger partial charge in [-0.3, -0.25) is 28.9 Å². The molecule has 2 saturated carbocycles. The van der Waals surface area contributed by atoms with Gasteiger partial charge >= 0.3 is 10.8 Å². The van der Waals surface area contributed by atoms with Crippen molar-refractivity contribution < 1.29 is 29.0 Å². The van der Waals surface area contributed by atoms with Crippen molar-refractivity contribution in [1.29, 1.82) is 0 Å². The quantitative estimate of drug-likeness (QED) is 0.213. The fraction of sp³-hybridized carbons (Fsp3) is 0.343. The van der Waals surface area contributed by atoms with E-state index in [2.05, 4.69) is 10.3 Å². The van der Waals surface area contributed by atoms with E-state index in [9.17, 15) is 24.0 Å². The Morgan fingerprint density at radius 1 is 0.957 bits per heavy atom. The van der Waals surface area contributed by atoms with Crippen molar-refractivity contribution in [3.8, 4) is 5.75 Å². The number of fused-ring (bicyclic) bond motifs is 10. The fourth-order valence-electron chi connectivity index (χ4n) is 8.57. The van der Waals surface area contributed by atoms with Gasteiger partial charge in [0.05, 0.1) is 16.9 Å². The van der Waals surface area contributed by atoms with Gasteiger partial charge in [0.15, 0.2) is 6.61 Å². The molecule has 3 aromatic carbocycles. The summed E-state index contributed by atoms with van der Waals surface area (Å²) in [5.41, 5.74) is 1.54. The number of aromatic amines is 1. The van der Waals surface area contributed by atoms with Gasteiger partial charge in [-0.05, 0) is 48.1 Å². The molecule has 1 aromatic heterocycles. The molecular weight excluding hydrogens is 639 g/mol. The average Bonchev–Trinajstić information content (AvgIpc) is 3.80. The summed E-state index contributed by atoms with van der Waals surface area (Å²) in [6.07, 6.45) is 0.861. The minimum absolute atomic E-state index is 0.00226. The zero-order valence-electron chi connectivity index (χ0n) is 25.1. The highest BCUT2D eigenvalue weighted by atomic mass is 32.2. The molecule has 8 rings (SSSR count). The van der Waals surface area contributed by atoms with E-state index in [0.717, 1.165) is 44.0 Å². The molecule has 3 N–H and O–H groups in total. The zero-order chi connectivity index (χ0) is 32.4. The molecule has 7 atom stereocenters. The summed E-state index contributed by atoms with van der Waals surface area (Å²) in [5.74, 6) is -2.44. The number of thiazole rings is 1. The summed E-state index contributed by atoms with van der Waals surface area (Å²) in [5, 5.41) is 14.8. The molecule has 4 aliphatic rings. The topological polar surface area (TPSA) is 146 Å². The number of hydrogen-bond acceptors (Lipinski definition) is 8. The number of carboxylic acid groups (broad SMARTS) is 1. The van der Waals surface area contributed by atoms with Gasteiger partial charge in [0.25, 0.3) is 5.91 Å². The number of carbonyl (C=O) groups excluding carboxylic acids is 3. The maximum Gasteiger partial charge on any atom is 0.305 e. The van der Waals surface area contributed by atoms with Crippen molar-refractivity contribution in [1.82, 2.24) is 9.88 Å². The molecule has 2 aliphatic heterocycles. The third-order valence-electron chi connectivity index (χ3n) is 10.3. The Labute approximate surface area is 277 Å². The minimum atomic E-state index is -0.957. The number of carboxylic acids is 1. The van der Waals surface area contributed by atoms with Crippen LogP contribution in [0.4, 0.5) is 5.69 Å². The summed E-state index contributed by atoms with van der Waals surface area (Å²) < 4.78 is 6.21. The Morgan fingerprint density at radius 3 is 2.53 bits per heavy atom. The molecule has 12 heteroatoms. The lowest BCUT2D eigenvalue weighted by Gasteiger charge is -2.43. The number of anilines is 1. The minimum Gasteiger partial charge on any atom is -0.483 e. The first kappa shape index (κ1) is 29.9. The number of rotatable bonds is 9. The number of benzene rings is 3. The number of likely N-dealkylation sites (tertiary alicyclic amines) is 1. The first-order valence-corrected chi connectivity index (χ1v) is 17.5. The predicted molar refractivity (Wildman–Crippen MR) is 177 cm³/mol. The van der Waals surface area contributed by atoms with Crippen LogP contribution in [0.3, 0.4) is 0 Å². The molecule has 3 amide bonds. The molecule has 2 bridgehead atoms. The van der Waals surface area contributed by atoms with E-state index < -0.39 is 17.8 Å². The fourth-order valence-corrected chi connectivity index (χ4v) is 11.4. The van der Waals surface area contributed by atoms with E-state index in [-0.39, 0.29) is 77.5 Å². The molecule has 0 spiro atoms. The molecular formula is C35H31N3O7S2. The van der Waals surface area contributed by atoms with Gasteiger partial charge in [-0.25, -0.2) is 0 Å². The Balaban J connectivity index is 1.08. The van der Waals surface area contributed by atoms with Gasteiger partial charge in [-0.2, -0.15) is 0 Å². The van der Waals surface area contributed by atoms with Crippen molar-refractivity contribution in [2.75, 3.05) is 18.5 Å². The number of ether oxygens (including phenoxy) is 1. The van der Waals surface area contributed by atoms with E-state index in [1.54, 1.807) is 11.8 Å². The standard InChI is InChI=1S/C35H31N3O7S2/c39-24(36-22-11-5-8-17-7-1-2-9-18(17)22)16-45-23-12-4-3-10-19(23)26-27-20-15-21(30(27)46-32-31(26)47-35(44)37-32)29-28(20)33(42)38(34(29)43)14-6-13-25(40)41/h1-5,7-12,20-21,26-30H,6,13-16H2,(H,36,39)(H,37,44)(H,40,41)/t20?,21?,26-,27?,28?,29?,30?/m1/s1. The second-order valence-electron chi connectivity index (χ2n) is 12.7. The Morgan fingerprint density at radius 2 is 1.70 bits per heavy atom. The largest absolute Gasteiger partial charge is 0.483 e. The van der Waals surface area contributed by atoms with Gasteiger partial charge in [0.2, 0.25) is 11.8 Å². The monoisotopic (exact) mass is 669 g/mol. The van der Waals surface area contributed by atoms with E-state index in [4.69, 9.17) is 9.84 Å². The van der Waals surface area contributed by atoms with Crippen molar-refractivity contribution in [2.45, 2.75) is 35.5 Å². The molecule has 0 radical (unpaired) electrons. The van der Waals surface area contributed by atoms with E-state index >= 15 is 0 Å². The number of carbonyl (C=O) groups is 4. The summed E-state index contributed by atoms with van der Waals surface area (Å²) in [7, 11) is 0. The number of H-pyrrole nitrogens is 1. The Kier molecular flexibility index (Phi) is 7.44. The highest BCUT2D eigenvalue weighted by Crippen LogP contribution is 2.69. The molecule has 10 nitrogen and oxygen atoms in total. The lowest BCUT2D eigenvalue weighted by atomic mass is 9.68. The lowest BCUT2D eigenvalue weighted by molar-refractivity contribution is -0.142. The third-order valence-corrected chi connectivity index (χ3v) is 12.9. The van der Waals surface area contributed by atoms with Crippen LogP contribution in [0.2, 0.25) is 0 Å². The number of para-hydroxylation sites is 1. The van der Waals surface area contributed by atoms with Gasteiger partial charge in [0, 0.05) is 45.6 Å². The van der Waals surface area contributed by atoms with Crippen LogP contribution >= 0.6 is 23.1 Å². The van der Waals surface area contributed by atoms with Crippen LogP contribution in [0.5, 0.6) is 5.75 Å². The van der Waals surface area contributed by atoms with E-state index in [1.807, 2.05) is 66.7 Å². The summed E-state index contributed by atoms with van der Waals surface area (Å²) >= 11 is 2.76. The number of hydrogen-bond donors (Lipinski definition) is 3. The first-order valence-electron chi connectivity index (χ1n) is 15.8. The number of thioether (sulfide) groups is 1. The Hall–Kier alpha value is -4.42. The van der Waals surface area contributed by atoms with Crippen LogP contribution in [0.25, 0.3) is 10.8 Å². The molecule has 1 saturated heterocycles. The lowest BCUT2D eigenvalue weighted by Crippen LogP contribution is -2.42. The molecule has 2 aliphatic carbocycles. The summed E-state index contributed by atoms with van der Waals surface area (Å²) in [6.45, 7) is -0.110. The van der Waals surface area contributed by atoms with Gasteiger partial charge in [0.1, 0.15) is 5.75 Å². The van der Waals surface area contributed by atoms with Crippen LogP contribution in [0, 0.1) is 29.6 Å². The molecule has 4 aromatic rings. The van der Waals surface area contributed by atoms with Gasteiger partial charge < -0.3 is 20.1 Å². The molecule has 47 heavy (non-hydrogen) atoms. The van der Waals surface area contributed by atoms with Crippen LogP contribution in [-0.4, -0.2) is 57.1 Å². The number of nitrogens with zero attached hydrogens (tertiary/aromatic N) is 1. The summed E-state index contributed by atoms with van der Waals surface area (Å²) in [4.78, 5) is 69.3. The Bertz CT molecular complexity index is 2000. The normalized spacial score (nSPS) is 27.1. The highest BCUT2D eigenvalue weighted by Gasteiger charge is 2.69. The van der Waals surface area contributed by atoms with E-state index in [1.165, 1.54) is 4.90 Å². The summed E-state index contributed by atoms with van der Waals surface area (Å²) in [6, 6.07) is 21.1. The average molecular weight is 670 g/mol. The van der Waals surface area contributed by atoms with Crippen molar-refractivity contribution in [3.05, 3.63) is 86.8 Å². The van der Waals surface area contributed by atoms with E-state index in [0.29, 0.717) is 11.4 Å². The number of imide groups is 1. The number of amides is 3. The number of aliphatic carboxylic acids is 1. The maximum atomic E-state index is 13.7. The van der Waals surface area contributed by atoms with Crippen LogP contribution in [-0.2, 0) is 19.2 Å². The number of nitrogens with one attached hydrogen (secondary N) is 2. The molecule has 3 heterocycles. The maximum absolute atomic E-state index is 13.7. The van der Waals surface area contributed by atoms with Gasteiger partial charge in [-0.15, -0.1) is 11.8 Å².